The maximum absolute atomic E-state index is 13.1. The second kappa shape index (κ2) is 6.58. The summed E-state index contributed by atoms with van der Waals surface area (Å²) in [5.74, 6) is 0.621. The minimum absolute atomic E-state index is 0.0167. The first kappa shape index (κ1) is 18.2. The average molecular weight is 386 g/mol. The molecule has 1 saturated heterocycles. The summed E-state index contributed by atoms with van der Waals surface area (Å²) in [5, 5.41) is 0. The van der Waals surface area contributed by atoms with Crippen molar-refractivity contribution in [1.82, 2.24) is 19.8 Å². The molecule has 7 nitrogen and oxygen atoms in total. The van der Waals surface area contributed by atoms with Crippen molar-refractivity contribution in [3.8, 4) is 0 Å². The molecule has 0 radical (unpaired) electrons. The molecule has 1 aromatic heterocycles. The zero-order valence-electron chi connectivity index (χ0n) is 16.7. The Bertz CT molecular complexity index is 774. The van der Waals surface area contributed by atoms with Crippen molar-refractivity contribution in [2.45, 2.75) is 56.9 Å². The lowest BCUT2D eigenvalue weighted by molar-refractivity contribution is -0.148. The Labute approximate surface area is 165 Å². The number of carbonyl (C=O) groups is 2. The Kier molecular flexibility index (Phi) is 4.27. The molecule has 3 fully saturated rings. The lowest BCUT2D eigenvalue weighted by Gasteiger charge is -2.50. The molecule has 152 valence electrons. The number of hydrogen-bond acceptors (Lipinski definition) is 4. The van der Waals surface area contributed by atoms with Gasteiger partial charge in [-0.2, -0.15) is 0 Å². The summed E-state index contributed by atoms with van der Waals surface area (Å²) in [6.07, 6.45) is 10.2. The van der Waals surface area contributed by atoms with Gasteiger partial charge in [0.1, 0.15) is 6.61 Å². The Morgan fingerprint density at radius 3 is 2.68 bits per heavy atom. The highest BCUT2D eigenvalue weighted by molar-refractivity contribution is 5.83. The van der Waals surface area contributed by atoms with E-state index in [0.29, 0.717) is 31.0 Å². The number of carbonyl (C=O) groups excluding carboxylic acids is 2. The molecule has 2 amide bonds. The molecule has 1 aromatic rings. The van der Waals surface area contributed by atoms with Gasteiger partial charge in [-0.1, -0.05) is 12.8 Å². The molecule has 1 N–H and O–H groups in total. The number of hydrogen-bond donors (Lipinski definition) is 1. The van der Waals surface area contributed by atoms with Crippen LogP contribution in [0.5, 0.6) is 0 Å². The van der Waals surface area contributed by atoms with E-state index >= 15 is 0 Å². The van der Waals surface area contributed by atoms with Gasteiger partial charge in [-0.3, -0.25) is 9.59 Å². The second-order valence-electron chi connectivity index (χ2n) is 9.14. The Hall–Kier alpha value is -1.89. The molecular formula is C21H30N4O3. The number of rotatable bonds is 3. The third-order valence-corrected chi connectivity index (χ3v) is 7.82. The van der Waals surface area contributed by atoms with Crippen LogP contribution < -0.4 is 0 Å². The first-order valence-electron chi connectivity index (χ1n) is 10.7. The number of fused-ring (bicyclic) bond motifs is 2. The molecule has 2 spiro atoms. The van der Waals surface area contributed by atoms with Gasteiger partial charge >= 0.3 is 0 Å². The van der Waals surface area contributed by atoms with Crippen molar-refractivity contribution in [3.63, 3.8) is 0 Å². The molecule has 0 aromatic carbocycles. The van der Waals surface area contributed by atoms with Crippen LogP contribution in [-0.4, -0.2) is 64.9 Å². The smallest absolute Gasteiger partial charge is 0.249 e. The molecule has 0 bridgehead atoms. The standard InChI is InChI=1S/C21H30N4O3/c1-28-13-17(26)25-9-4-16-18(23-14-22-16)21(25)7-10-24(11-8-21)19(27)15-12-20(15)5-2-3-6-20/h14-15H,2-13H2,1H3,(H,22,23). The molecule has 3 heterocycles. The summed E-state index contributed by atoms with van der Waals surface area (Å²) in [6, 6.07) is 0. The van der Waals surface area contributed by atoms with E-state index in [1.165, 1.54) is 25.7 Å². The fourth-order valence-electron chi connectivity index (χ4n) is 6.20. The second-order valence-corrected chi connectivity index (χ2v) is 9.14. The van der Waals surface area contributed by atoms with Gasteiger partial charge in [-0.05, 0) is 37.5 Å². The molecule has 28 heavy (non-hydrogen) atoms. The normalized spacial score (nSPS) is 27.2. The molecule has 2 aliphatic heterocycles. The van der Waals surface area contributed by atoms with Crippen LogP contribution in [0, 0.1) is 11.3 Å². The van der Waals surface area contributed by atoms with Crippen LogP contribution in [0.2, 0.25) is 0 Å². The quantitative estimate of drug-likeness (QED) is 0.860. The maximum atomic E-state index is 13.1. The summed E-state index contributed by atoms with van der Waals surface area (Å²) in [6.45, 7) is 2.18. The minimum atomic E-state index is -0.408. The van der Waals surface area contributed by atoms with Crippen LogP contribution in [0.1, 0.15) is 56.3 Å². The summed E-state index contributed by atoms with van der Waals surface area (Å²) >= 11 is 0. The summed E-state index contributed by atoms with van der Waals surface area (Å²) in [5.41, 5.74) is 2.06. The summed E-state index contributed by atoms with van der Waals surface area (Å²) in [7, 11) is 1.56. The van der Waals surface area contributed by atoms with Crippen molar-refractivity contribution in [3.05, 3.63) is 17.7 Å². The van der Waals surface area contributed by atoms with E-state index in [2.05, 4.69) is 14.9 Å². The van der Waals surface area contributed by atoms with Gasteiger partial charge in [-0.15, -0.1) is 0 Å². The van der Waals surface area contributed by atoms with Crippen LogP contribution in [0.4, 0.5) is 0 Å². The molecule has 1 atom stereocenters. The largest absolute Gasteiger partial charge is 0.375 e. The SMILES string of the molecule is COCC(=O)N1CCc2[nH]cnc2C12CCN(C(=O)C1CC13CCCC3)CC2. The monoisotopic (exact) mass is 386 g/mol. The first-order valence-corrected chi connectivity index (χ1v) is 10.7. The van der Waals surface area contributed by atoms with Crippen LogP contribution in [0.15, 0.2) is 6.33 Å². The minimum Gasteiger partial charge on any atom is -0.375 e. The number of amides is 2. The lowest BCUT2D eigenvalue weighted by atomic mass is 9.78. The maximum Gasteiger partial charge on any atom is 0.249 e. The number of piperidine rings is 1. The van der Waals surface area contributed by atoms with Gasteiger partial charge < -0.3 is 19.5 Å². The number of aromatic amines is 1. The predicted molar refractivity (Wildman–Crippen MR) is 102 cm³/mol. The number of nitrogens with one attached hydrogen (secondary N) is 1. The first-order chi connectivity index (χ1) is 13.6. The summed E-state index contributed by atoms with van der Waals surface area (Å²) < 4.78 is 5.13. The van der Waals surface area contributed by atoms with Crippen LogP contribution in [0.3, 0.4) is 0 Å². The van der Waals surface area contributed by atoms with E-state index in [-0.39, 0.29) is 18.4 Å². The van der Waals surface area contributed by atoms with E-state index in [1.807, 2.05) is 4.90 Å². The van der Waals surface area contributed by atoms with E-state index in [9.17, 15) is 9.59 Å². The van der Waals surface area contributed by atoms with Gasteiger partial charge in [0.25, 0.3) is 0 Å². The number of ether oxygens (including phenoxy) is 1. The number of H-pyrrole nitrogens is 1. The molecule has 2 aliphatic carbocycles. The molecule has 1 unspecified atom stereocenters. The lowest BCUT2D eigenvalue weighted by Crippen LogP contribution is -2.59. The molecule has 2 saturated carbocycles. The van der Waals surface area contributed by atoms with Gasteiger partial charge in [0.05, 0.1) is 17.6 Å². The van der Waals surface area contributed by atoms with Crippen molar-refractivity contribution in [1.29, 1.82) is 0 Å². The predicted octanol–water partition coefficient (Wildman–Crippen LogP) is 1.84. The Morgan fingerprint density at radius 2 is 1.96 bits per heavy atom. The summed E-state index contributed by atoms with van der Waals surface area (Å²) in [4.78, 5) is 37.8. The van der Waals surface area contributed by atoms with Gasteiger partial charge in [-0.25, -0.2) is 4.98 Å². The Morgan fingerprint density at radius 1 is 1.21 bits per heavy atom. The third-order valence-electron chi connectivity index (χ3n) is 7.82. The highest BCUT2D eigenvalue weighted by atomic mass is 16.5. The van der Waals surface area contributed by atoms with Crippen molar-refractivity contribution < 1.29 is 14.3 Å². The number of methoxy groups -OCH3 is 1. The number of aromatic nitrogens is 2. The zero-order chi connectivity index (χ0) is 19.4. The third kappa shape index (κ3) is 2.62. The zero-order valence-corrected chi connectivity index (χ0v) is 16.7. The molecule has 5 rings (SSSR count). The number of imidazole rings is 1. The fourth-order valence-corrected chi connectivity index (χ4v) is 6.20. The van der Waals surface area contributed by atoms with Crippen LogP contribution in [-0.2, 0) is 26.3 Å². The van der Waals surface area contributed by atoms with Gasteiger partial charge in [0.2, 0.25) is 11.8 Å². The molecular weight excluding hydrogens is 356 g/mol. The van der Waals surface area contributed by atoms with Gasteiger partial charge in [0, 0.05) is 44.8 Å². The fraction of sp³-hybridized carbons (Fsp3) is 0.762. The van der Waals surface area contributed by atoms with Crippen LogP contribution in [0.25, 0.3) is 0 Å². The van der Waals surface area contributed by atoms with E-state index in [1.54, 1.807) is 13.4 Å². The number of likely N-dealkylation sites (tertiary alicyclic amines) is 1. The van der Waals surface area contributed by atoms with Crippen molar-refractivity contribution in [2.24, 2.45) is 11.3 Å². The molecule has 4 aliphatic rings. The highest BCUT2D eigenvalue weighted by Crippen LogP contribution is 2.63. The van der Waals surface area contributed by atoms with Gasteiger partial charge in [0.15, 0.2) is 0 Å². The van der Waals surface area contributed by atoms with E-state index in [0.717, 1.165) is 37.1 Å². The van der Waals surface area contributed by atoms with E-state index < -0.39 is 5.54 Å². The topological polar surface area (TPSA) is 78.5 Å². The van der Waals surface area contributed by atoms with E-state index in [4.69, 9.17) is 4.74 Å². The number of nitrogens with zero attached hydrogens (tertiary/aromatic N) is 3. The highest BCUT2D eigenvalue weighted by Gasteiger charge is 2.60. The van der Waals surface area contributed by atoms with Crippen LogP contribution >= 0.6 is 0 Å². The Balaban J connectivity index is 1.34. The molecule has 7 heteroatoms. The van der Waals surface area contributed by atoms with Crippen molar-refractivity contribution >= 4 is 11.8 Å². The average Bonchev–Trinajstić information content (AvgIpc) is 3.02. The van der Waals surface area contributed by atoms with Crippen molar-refractivity contribution in [2.75, 3.05) is 33.4 Å².